The number of allylic oxidation sites excluding steroid dienone is 1. The van der Waals surface area contributed by atoms with Gasteiger partial charge in [-0.15, -0.1) is 0 Å². The van der Waals surface area contributed by atoms with Crippen molar-refractivity contribution in [2.45, 2.75) is 39.2 Å². The summed E-state index contributed by atoms with van der Waals surface area (Å²) in [4.78, 5) is 52.8. The third kappa shape index (κ3) is 3.84. The predicted octanol–water partition coefficient (Wildman–Crippen LogP) is 4.34. The smallest absolute Gasteiger partial charge is 0.347 e. The van der Waals surface area contributed by atoms with E-state index in [2.05, 4.69) is 0 Å². The van der Waals surface area contributed by atoms with Crippen molar-refractivity contribution >= 4 is 23.7 Å². The molecule has 0 amide bonds. The Bertz CT molecular complexity index is 1290. The van der Waals surface area contributed by atoms with E-state index < -0.39 is 58.4 Å². The number of carbonyl (C=O) groups is 4. The molecule has 6 atom stereocenters. The highest BCUT2D eigenvalue weighted by Crippen LogP contribution is 2.64. The third-order valence-electron chi connectivity index (χ3n) is 8.50. The predicted molar refractivity (Wildman–Crippen MR) is 127 cm³/mol. The van der Waals surface area contributed by atoms with Gasteiger partial charge in [0.05, 0.1) is 31.5 Å². The largest absolute Gasteiger partial charge is 0.496 e. The number of furan rings is 1. The second kappa shape index (κ2) is 8.90. The number of carboxylic acid groups (broad SMARTS) is 1. The van der Waals surface area contributed by atoms with Crippen molar-refractivity contribution in [1.29, 1.82) is 0 Å². The molecule has 1 saturated heterocycles. The van der Waals surface area contributed by atoms with Crippen molar-refractivity contribution < 1.29 is 42.9 Å². The first-order valence-corrected chi connectivity index (χ1v) is 12.2. The molecule has 1 saturated carbocycles. The number of esters is 2. The fourth-order valence-electron chi connectivity index (χ4n) is 6.74. The normalized spacial score (nSPS) is 32.9. The Labute approximate surface area is 213 Å². The molecule has 2 heterocycles. The van der Waals surface area contributed by atoms with Gasteiger partial charge in [-0.2, -0.15) is 0 Å². The maximum Gasteiger partial charge on any atom is 0.347 e. The van der Waals surface area contributed by atoms with Gasteiger partial charge in [0.25, 0.3) is 0 Å². The summed E-state index contributed by atoms with van der Waals surface area (Å²) in [6.07, 6.45) is 4.59. The van der Waals surface area contributed by atoms with Crippen molar-refractivity contribution in [2.75, 3.05) is 7.11 Å². The number of carbonyl (C=O) groups excluding carboxylic acids is 3. The minimum absolute atomic E-state index is 0.105. The number of fused-ring (bicyclic) bond motifs is 3. The summed E-state index contributed by atoms with van der Waals surface area (Å²) in [5, 5.41) is 10.2. The second-order valence-corrected chi connectivity index (χ2v) is 10.5. The number of hydrogen-bond acceptors (Lipinski definition) is 8. The van der Waals surface area contributed by atoms with Crippen LogP contribution in [-0.4, -0.2) is 35.9 Å². The Morgan fingerprint density at radius 3 is 2.54 bits per heavy atom. The summed E-state index contributed by atoms with van der Waals surface area (Å²) in [5.74, 6) is -5.54. The number of ether oxygens (including phenoxy) is 3. The van der Waals surface area contributed by atoms with Crippen LogP contribution in [0.1, 0.15) is 55.1 Å². The first-order chi connectivity index (χ1) is 17.6. The topological polar surface area (TPSA) is 129 Å². The van der Waals surface area contributed by atoms with Crippen LogP contribution in [0.3, 0.4) is 0 Å². The number of rotatable bonds is 5. The number of hydrogen-bond donors (Lipinski definition) is 1. The number of methoxy groups -OCH3 is 1. The fraction of sp³-hybridized carbons (Fsp3) is 0.429. The molecular weight excluding hydrogens is 480 g/mol. The molecule has 9 nitrogen and oxygen atoms in total. The highest BCUT2D eigenvalue weighted by molar-refractivity contribution is 6.03. The molecule has 3 aliphatic rings. The van der Waals surface area contributed by atoms with Crippen molar-refractivity contribution in [1.82, 2.24) is 0 Å². The van der Waals surface area contributed by atoms with E-state index in [0.717, 1.165) is 0 Å². The molecule has 5 rings (SSSR count). The van der Waals surface area contributed by atoms with Gasteiger partial charge in [0.1, 0.15) is 17.4 Å². The van der Waals surface area contributed by atoms with Crippen LogP contribution in [0, 0.1) is 28.6 Å². The second-order valence-electron chi connectivity index (χ2n) is 10.5. The lowest BCUT2D eigenvalue weighted by atomic mass is 9.44. The van der Waals surface area contributed by atoms with E-state index in [1.807, 2.05) is 6.92 Å². The van der Waals surface area contributed by atoms with Gasteiger partial charge in [-0.25, -0.2) is 4.79 Å². The Morgan fingerprint density at radius 1 is 1.11 bits per heavy atom. The Kier molecular flexibility index (Phi) is 5.96. The molecular formula is C28H28O9. The first-order valence-electron chi connectivity index (χ1n) is 12.2. The standard InChI is InChI=1S/C28H28O9/c1-27-10-8-17-26(33)37-21(15-9-11-35-14-15)13-28(17,2)23(27)22(29)20(12-18(27)24(30)31)36-25(32)16-6-4-5-7-19(16)34-3/h4-7,9,11-12,14,17-18,21,23H,8,10,13H2,1-3H3,(H,30,31). The van der Waals surface area contributed by atoms with Crippen molar-refractivity contribution in [3.63, 3.8) is 0 Å². The van der Waals surface area contributed by atoms with Crippen LogP contribution < -0.4 is 4.74 Å². The zero-order valence-electron chi connectivity index (χ0n) is 20.8. The molecule has 2 fully saturated rings. The van der Waals surface area contributed by atoms with E-state index in [1.165, 1.54) is 31.8 Å². The lowest BCUT2D eigenvalue weighted by molar-refractivity contribution is -0.197. The Morgan fingerprint density at radius 2 is 1.86 bits per heavy atom. The van der Waals surface area contributed by atoms with Crippen molar-refractivity contribution in [3.8, 4) is 5.75 Å². The summed E-state index contributed by atoms with van der Waals surface area (Å²) in [6, 6.07) is 8.10. The summed E-state index contributed by atoms with van der Waals surface area (Å²) < 4.78 is 21.7. The maximum absolute atomic E-state index is 14.1. The monoisotopic (exact) mass is 508 g/mol. The Hall–Kier alpha value is -3.88. The van der Waals surface area contributed by atoms with E-state index in [0.29, 0.717) is 24.8 Å². The molecule has 194 valence electrons. The molecule has 1 aromatic carbocycles. The van der Waals surface area contributed by atoms with E-state index in [-0.39, 0.29) is 17.1 Å². The van der Waals surface area contributed by atoms with Crippen molar-refractivity contribution in [2.24, 2.45) is 28.6 Å². The maximum atomic E-state index is 14.1. The SMILES string of the molecule is COc1ccccc1C(=O)OC1=CC(C(=O)O)C2(C)CCC3C(=O)OC(c4ccoc4)CC3(C)C2C1=O. The number of ketones is 1. The summed E-state index contributed by atoms with van der Waals surface area (Å²) in [7, 11) is 1.41. The zero-order valence-corrected chi connectivity index (χ0v) is 20.8. The number of carboxylic acids is 1. The van der Waals surface area contributed by atoms with Crippen molar-refractivity contribution in [3.05, 3.63) is 65.8 Å². The van der Waals surface area contributed by atoms with Crippen LogP contribution in [-0.2, 0) is 23.9 Å². The minimum atomic E-state index is -1.13. The third-order valence-corrected chi connectivity index (χ3v) is 8.50. The summed E-state index contributed by atoms with van der Waals surface area (Å²) >= 11 is 0. The van der Waals surface area contributed by atoms with Gasteiger partial charge in [-0.05, 0) is 54.4 Å². The number of benzene rings is 1. The fourth-order valence-corrected chi connectivity index (χ4v) is 6.74. The van der Waals surface area contributed by atoms with Gasteiger partial charge in [0.2, 0.25) is 5.78 Å². The summed E-state index contributed by atoms with van der Waals surface area (Å²) in [5.41, 5.74) is -1.16. The van der Waals surface area contributed by atoms with Crippen LogP contribution in [0.15, 0.2) is 59.1 Å². The van der Waals surface area contributed by atoms with Crippen LogP contribution >= 0.6 is 0 Å². The molecule has 0 spiro atoms. The van der Waals surface area contributed by atoms with Gasteiger partial charge in [0.15, 0.2) is 5.76 Å². The molecule has 1 aliphatic heterocycles. The molecule has 0 radical (unpaired) electrons. The number of aliphatic carboxylic acids is 1. The highest BCUT2D eigenvalue weighted by atomic mass is 16.6. The average molecular weight is 509 g/mol. The molecule has 9 heteroatoms. The lowest BCUT2D eigenvalue weighted by Crippen LogP contribution is -2.61. The van der Waals surface area contributed by atoms with E-state index in [9.17, 15) is 24.3 Å². The number of para-hydroxylation sites is 1. The van der Waals surface area contributed by atoms with Gasteiger partial charge >= 0.3 is 17.9 Å². The van der Waals surface area contributed by atoms with Crippen LogP contribution in [0.5, 0.6) is 5.75 Å². The minimum Gasteiger partial charge on any atom is -0.496 e. The molecule has 2 aliphatic carbocycles. The van der Waals surface area contributed by atoms with E-state index in [4.69, 9.17) is 18.6 Å². The van der Waals surface area contributed by atoms with Gasteiger partial charge in [-0.3, -0.25) is 14.4 Å². The number of cyclic esters (lactones) is 1. The van der Waals surface area contributed by atoms with E-state index in [1.54, 1.807) is 31.2 Å². The average Bonchev–Trinajstić information content (AvgIpc) is 3.39. The molecule has 1 aromatic heterocycles. The number of Topliss-reactive ketones (excluding diaryl/α,β-unsaturated/α-hetero) is 1. The van der Waals surface area contributed by atoms with Crippen LogP contribution in [0.25, 0.3) is 0 Å². The van der Waals surface area contributed by atoms with Gasteiger partial charge in [0, 0.05) is 11.5 Å². The zero-order chi connectivity index (χ0) is 26.5. The van der Waals surface area contributed by atoms with Crippen LogP contribution in [0.4, 0.5) is 0 Å². The van der Waals surface area contributed by atoms with Crippen LogP contribution in [0.2, 0.25) is 0 Å². The molecule has 2 aromatic rings. The lowest BCUT2D eigenvalue weighted by Gasteiger charge is -2.59. The Balaban J connectivity index is 1.56. The first kappa shape index (κ1) is 24.8. The molecule has 6 unspecified atom stereocenters. The quantitative estimate of drug-likeness (QED) is 0.586. The molecule has 37 heavy (non-hydrogen) atoms. The summed E-state index contributed by atoms with van der Waals surface area (Å²) in [6.45, 7) is 3.62. The van der Waals surface area contributed by atoms with Gasteiger partial charge < -0.3 is 23.7 Å². The molecule has 0 bridgehead atoms. The van der Waals surface area contributed by atoms with E-state index >= 15 is 0 Å². The van der Waals surface area contributed by atoms with Gasteiger partial charge in [-0.1, -0.05) is 26.0 Å². The molecule has 1 N–H and O–H groups in total. The highest BCUT2D eigenvalue weighted by Gasteiger charge is 2.66.